The molecule has 0 spiro atoms. The molecule has 0 saturated carbocycles. The Kier molecular flexibility index (Phi) is 7.21. The lowest BCUT2D eigenvalue weighted by Gasteiger charge is -2.16. The first-order valence-corrected chi connectivity index (χ1v) is 6.12. The second kappa shape index (κ2) is 7.88. The number of hydrogen-bond donors (Lipinski definition) is 3. The van der Waals surface area contributed by atoms with Crippen molar-refractivity contribution in [3.63, 3.8) is 0 Å². The molecule has 0 fully saturated rings. The first-order chi connectivity index (χ1) is 7.51. The first kappa shape index (κ1) is 14.6. The van der Waals surface area contributed by atoms with E-state index in [1.807, 2.05) is 13.2 Å². The fraction of sp³-hybridized carbons (Fsp3) is 0.600. The minimum absolute atomic E-state index is 0.0183. The number of carboxylic acids is 1. The van der Waals surface area contributed by atoms with E-state index >= 15 is 0 Å². The molecule has 2 amide bonds. The van der Waals surface area contributed by atoms with E-state index in [2.05, 4.69) is 16.6 Å². The molecular weight excluding hydrogens is 228 g/mol. The van der Waals surface area contributed by atoms with Gasteiger partial charge in [0, 0.05) is 18.2 Å². The summed E-state index contributed by atoms with van der Waals surface area (Å²) in [5.74, 6) is 1.84. The van der Waals surface area contributed by atoms with Gasteiger partial charge in [-0.2, -0.15) is 11.8 Å². The molecule has 0 aliphatic carbocycles. The molecule has 0 radical (unpaired) electrons. The number of rotatable bonds is 6. The summed E-state index contributed by atoms with van der Waals surface area (Å²) >= 11 is 1.60. The fourth-order valence-electron chi connectivity index (χ4n) is 1.03. The van der Waals surface area contributed by atoms with Gasteiger partial charge in [0.2, 0.25) is 0 Å². The van der Waals surface area contributed by atoms with Crippen LogP contribution in [0.25, 0.3) is 0 Å². The number of aliphatic carboxylic acids is 1. The van der Waals surface area contributed by atoms with Gasteiger partial charge in [-0.1, -0.05) is 0 Å². The SMILES string of the molecule is C#CCC(NC(=O)NC(C)CSC)C(=O)O. The van der Waals surface area contributed by atoms with Gasteiger partial charge in [-0.05, 0) is 13.2 Å². The number of thioether (sulfide) groups is 1. The largest absolute Gasteiger partial charge is 0.480 e. The number of carbonyl (C=O) groups excluding carboxylic acids is 1. The second-order valence-corrected chi connectivity index (χ2v) is 4.18. The summed E-state index contributed by atoms with van der Waals surface area (Å²) in [6, 6.07) is -1.56. The molecule has 16 heavy (non-hydrogen) atoms. The zero-order valence-corrected chi connectivity index (χ0v) is 10.1. The second-order valence-electron chi connectivity index (χ2n) is 3.27. The van der Waals surface area contributed by atoms with Gasteiger partial charge in [-0.25, -0.2) is 9.59 Å². The third kappa shape index (κ3) is 6.19. The highest BCUT2D eigenvalue weighted by Crippen LogP contribution is 1.96. The number of urea groups is 1. The quantitative estimate of drug-likeness (QED) is 0.595. The molecule has 0 aromatic carbocycles. The van der Waals surface area contributed by atoms with Crippen molar-refractivity contribution >= 4 is 23.8 Å². The van der Waals surface area contributed by atoms with Crippen LogP contribution in [0, 0.1) is 12.3 Å². The maximum absolute atomic E-state index is 11.4. The van der Waals surface area contributed by atoms with Crippen molar-refractivity contribution in [3.8, 4) is 12.3 Å². The Morgan fingerprint density at radius 2 is 2.12 bits per heavy atom. The van der Waals surface area contributed by atoms with E-state index in [4.69, 9.17) is 11.5 Å². The zero-order chi connectivity index (χ0) is 12.6. The van der Waals surface area contributed by atoms with E-state index < -0.39 is 18.0 Å². The average Bonchev–Trinajstić information content (AvgIpc) is 2.16. The predicted octanol–water partition coefficient (Wildman–Crippen LogP) is 0.514. The van der Waals surface area contributed by atoms with Crippen molar-refractivity contribution in [2.45, 2.75) is 25.4 Å². The summed E-state index contributed by atoms with van der Waals surface area (Å²) in [5, 5.41) is 13.7. The van der Waals surface area contributed by atoms with E-state index in [9.17, 15) is 9.59 Å². The summed E-state index contributed by atoms with van der Waals surface area (Å²) in [6.45, 7) is 1.84. The smallest absolute Gasteiger partial charge is 0.327 e. The molecule has 2 unspecified atom stereocenters. The first-order valence-electron chi connectivity index (χ1n) is 4.73. The molecule has 90 valence electrons. The van der Waals surface area contributed by atoms with Crippen molar-refractivity contribution in [1.82, 2.24) is 10.6 Å². The fourth-order valence-corrected chi connectivity index (χ4v) is 1.62. The summed E-state index contributed by atoms with van der Waals surface area (Å²) in [4.78, 5) is 22.0. The Labute approximate surface area is 99.4 Å². The van der Waals surface area contributed by atoms with Crippen LogP contribution in [0.4, 0.5) is 4.79 Å². The third-order valence-electron chi connectivity index (χ3n) is 1.72. The lowest BCUT2D eigenvalue weighted by Crippen LogP contribution is -2.48. The lowest BCUT2D eigenvalue weighted by atomic mass is 10.2. The van der Waals surface area contributed by atoms with Gasteiger partial charge in [0.05, 0.1) is 0 Å². The molecule has 0 aliphatic rings. The number of amides is 2. The summed E-state index contributed by atoms with van der Waals surface area (Å²) in [5.41, 5.74) is 0. The van der Waals surface area contributed by atoms with Gasteiger partial charge >= 0.3 is 12.0 Å². The monoisotopic (exact) mass is 244 g/mol. The molecule has 3 N–H and O–H groups in total. The van der Waals surface area contributed by atoms with Crippen LogP contribution < -0.4 is 10.6 Å². The van der Waals surface area contributed by atoms with Crippen LogP contribution in [0.5, 0.6) is 0 Å². The molecule has 5 nitrogen and oxygen atoms in total. The number of carbonyl (C=O) groups is 2. The Morgan fingerprint density at radius 1 is 1.50 bits per heavy atom. The van der Waals surface area contributed by atoms with Crippen LogP contribution in [0.1, 0.15) is 13.3 Å². The van der Waals surface area contributed by atoms with Crippen LogP contribution in [0.3, 0.4) is 0 Å². The van der Waals surface area contributed by atoms with E-state index in [1.165, 1.54) is 0 Å². The van der Waals surface area contributed by atoms with Crippen LogP contribution in [0.15, 0.2) is 0 Å². The maximum atomic E-state index is 11.4. The Balaban J connectivity index is 4.10. The van der Waals surface area contributed by atoms with Crippen molar-refractivity contribution in [3.05, 3.63) is 0 Å². The number of terminal acetylenes is 1. The minimum Gasteiger partial charge on any atom is -0.480 e. The molecule has 0 rings (SSSR count). The summed E-state index contributed by atoms with van der Waals surface area (Å²) < 4.78 is 0. The Bertz CT molecular complexity index is 288. The van der Waals surface area contributed by atoms with Crippen LogP contribution in [-0.2, 0) is 4.79 Å². The lowest BCUT2D eigenvalue weighted by molar-refractivity contribution is -0.139. The maximum Gasteiger partial charge on any atom is 0.327 e. The topological polar surface area (TPSA) is 78.4 Å². The number of nitrogens with one attached hydrogen (secondary N) is 2. The molecule has 0 aromatic rings. The highest BCUT2D eigenvalue weighted by atomic mass is 32.2. The molecule has 0 saturated heterocycles. The molecular formula is C10H16N2O3S. The molecule has 0 bridgehead atoms. The van der Waals surface area contributed by atoms with Crippen molar-refractivity contribution < 1.29 is 14.7 Å². The molecule has 6 heteroatoms. The Hall–Kier alpha value is -1.35. The van der Waals surface area contributed by atoms with Crippen LogP contribution in [0.2, 0.25) is 0 Å². The molecule has 0 aromatic heterocycles. The third-order valence-corrected chi connectivity index (χ3v) is 2.55. The minimum atomic E-state index is -1.13. The standard InChI is InChI=1S/C10H16N2O3S/c1-4-5-8(9(13)14)12-10(15)11-7(2)6-16-3/h1,7-8H,5-6H2,2-3H3,(H,13,14)(H2,11,12,15). The molecule has 0 aliphatic heterocycles. The molecule has 2 atom stereocenters. The van der Waals surface area contributed by atoms with Crippen molar-refractivity contribution in [2.24, 2.45) is 0 Å². The van der Waals surface area contributed by atoms with E-state index in [0.717, 1.165) is 5.75 Å². The molecule has 0 heterocycles. The number of carboxylic acid groups (broad SMARTS) is 1. The van der Waals surface area contributed by atoms with Crippen molar-refractivity contribution in [2.75, 3.05) is 12.0 Å². The van der Waals surface area contributed by atoms with Crippen LogP contribution in [-0.4, -0.2) is 41.2 Å². The summed E-state index contributed by atoms with van der Waals surface area (Å²) in [6.07, 6.45) is 6.90. The van der Waals surface area contributed by atoms with Gasteiger partial charge in [0.15, 0.2) is 0 Å². The van der Waals surface area contributed by atoms with Crippen molar-refractivity contribution in [1.29, 1.82) is 0 Å². The highest BCUT2D eigenvalue weighted by molar-refractivity contribution is 7.98. The van der Waals surface area contributed by atoms with Gasteiger partial charge in [-0.3, -0.25) is 0 Å². The predicted molar refractivity (Wildman–Crippen MR) is 64.4 cm³/mol. The van der Waals surface area contributed by atoms with Gasteiger partial charge < -0.3 is 15.7 Å². The van der Waals surface area contributed by atoms with E-state index in [-0.39, 0.29) is 12.5 Å². The highest BCUT2D eigenvalue weighted by Gasteiger charge is 2.19. The Morgan fingerprint density at radius 3 is 2.56 bits per heavy atom. The zero-order valence-electron chi connectivity index (χ0n) is 9.32. The van der Waals surface area contributed by atoms with Crippen LogP contribution >= 0.6 is 11.8 Å². The average molecular weight is 244 g/mol. The van der Waals surface area contributed by atoms with E-state index in [1.54, 1.807) is 11.8 Å². The summed E-state index contributed by atoms with van der Waals surface area (Å²) in [7, 11) is 0. The van der Waals surface area contributed by atoms with Gasteiger partial charge in [-0.15, -0.1) is 12.3 Å². The number of hydrogen-bond acceptors (Lipinski definition) is 3. The van der Waals surface area contributed by atoms with Gasteiger partial charge in [0.25, 0.3) is 0 Å². The normalized spacial score (nSPS) is 13.3. The van der Waals surface area contributed by atoms with Gasteiger partial charge in [0.1, 0.15) is 6.04 Å². The van der Waals surface area contributed by atoms with E-state index in [0.29, 0.717) is 0 Å².